The maximum absolute atomic E-state index is 12.4. The smallest absolute Gasteiger partial charge is 0.211 e. The van der Waals surface area contributed by atoms with Crippen LogP contribution in [0.2, 0.25) is 0 Å². The number of hydrogen-bond donors (Lipinski definition) is 0. The number of nitriles is 1. The van der Waals surface area contributed by atoms with Crippen LogP contribution in [-0.2, 0) is 13.0 Å². The van der Waals surface area contributed by atoms with Crippen LogP contribution in [0.1, 0.15) is 11.1 Å². The van der Waals surface area contributed by atoms with Gasteiger partial charge in [-0.1, -0.05) is 41.6 Å². The maximum atomic E-state index is 12.4. The van der Waals surface area contributed by atoms with E-state index in [1.54, 1.807) is 0 Å². The summed E-state index contributed by atoms with van der Waals surface area (Å²) in [7, 11) is 0. The lowest BCUT2D eigenvalue weighted by Gasteiger charge is -2.10. The molecule has 0 aliphatic carbocycles. The van der Waals surface area contributed by atoms with Crippen LogP contribution in [0.25, 0.3) is 0 Å². The summed E-state index contributed by atoms with van der Waals surface area (Å²) in [4.78, 5) is 0. The van der Waals surface area contributed by atoms with Crippen LogP contribution in [0.4, 0.5) is 13.2 Å². The quantitative estimate of drug-likeness (QED) is 0.790. The Labute approximate surface area is 129 Å². The number of benzene rings is 1. The molecule has 0 N–H and O–H groups in total. The number of rotatable bonds is 5. The molecule has 1 aromatic heterocycles. The fraction of sp³-hybridized carbons (Fsp3) is 0.385. The summed E-state index contributed by atoms with van der Waals surface area (Å²) in [6, 6.07) is 9.68. The van der Waals surface area contributed by atoms with Crippen molar-refractivity contribution in [1.82, 2.24) is 20.2 Å². The molecule has 1 atom stereocenters. The van der Waals surface area contributed by atoms with Gasteiger partial charge in [0.05, 0.1) is 6.07 Å². The number of thioether (sulfide) groups is 1. The molecule has 5 nitrogen and oxygen atoms in total. The van der Waals surface area contributed by atoms with Gasteiger partial charge in [-0.2, -0.15) is 18.4 Å². The molecule has 0 aliphatic rings. The van der Waals surface area contributed by atoms with E-state index in [1.807, 2.05) is 31.2 Å². The van der Waals surface area contributed by atoms with E-state index in [-0.39, 0.29) is 5.16 Å². The van der Waals surface area contributed by atoms with E-state index in [4.69, 9.17) is 0 Å². The molecule has 0 bridgehead atoms. The Kier molecular flexibility index (Phi) is 5.03. The van der Waals surface area contributed by atoms with Gasteiger partial charge in [0, 0.05) is 0 Å². The largest absolute Gasteiger partial charge is 0.408 e. The SMILES string of the molecule is Cc1ccc(C[C@@H](C#N)Sc2nnnn2CC(F)(F)F)cc1. The first-order chi connectivity index (χ1) is 10.4. The zero-order chi connectivity index (χ0) is 16.2. The van der Waals surface area contributed by atoms with Gasteiger partial charge in [-0.3, -0.25) is 0 Å². The predicted octanol–water partition coefficient (Wildman–Crippen LogP) is 2.77. The Hall–Kier alpha value is -2.08. The molecule has 1 aromatic carbocycles. The van der Waals surface area contributed by atoms with E-state index >= 15 is 0 Å². The van der Waals surface area contributed by atoms with Crippen LogP contribution < -0.4 is 0 Å². The zero-order valence-electron chi connectivity index (χ0n) is 11.6. The van der Waals surface area contributed by atoms with Gasteiger partial charge in [-0.25, -0.2) is 4.68 Å². The second-order valence-corrected chi connectivity index (χ2v) is 5.83. The highest BCUT2D eigenvalue weighted by Crippen LogP contribution is 2.25. The summed E-state index contributed by atoms with van der Waals surface area (Å²) in [5.41, 5.74) is 2.03. The summed E-state index contributed by atoms with van der Waals surface area (Å²) < 4.78 is 37.9. The molecular formula is C13H12F3N5S. The Morgan fingerprint density at radius 1 is 1.32 bits per heavy atom. The average molecular weight is 327 g/mol. The minimum atomic E-state index is -4.41. The lowest BCUT2D eigenvalue weighted by Crippen LogP contribution is -2.20. The first-order valence-electron chi connectivity index (χ1n) is 6.32. The summed E-state index contributed by atoms with van der Waals surface area (Å²) >= 11 is 0.927. The molecule has 22 heavy (non-hydrogen) atoms. The first kappa shape index (κ1) is 16.3. The van der Waals surface area contributed by atoms with Crippen molar-refractivity contribution in [1.29, 1.82) is 5.26 Å². The molecule has 0 amide bonds. The van der Waals surface area contributed by atoms with Crippen molar-refractivity contribution in [3.05, 3.63) is 35.4 Å². The number of aromatic nitrogens is 4. The molecule has 2 aromatic rings. The summed E-state index contributed by atoms with van der Waals surface area (Å²) in [5, 5.41) is 18.7. The van der Waals surface area contributed by atoms with Gasteiger partial charge in [-0.05, 0) is 29.3 Å². The second kappa shape index (κ2) is 6.79. The van der Waals surface area contributed by atoms with Crippen LogP contribution in [0.15, 0.2) is 29.4 Å². The second-order valence-electron chi connectivity index (χ2n) is 4.66. The Balaban J connectivity index is 2.06. The van der Waals surface area contributed by atoms with Crippen LogP contribution >= 0.6 is 11.8 Å². The van der Waals surface area contributed by atoms with Crippen molar-refractivity contribution < 1.29 is 13.2 Å². The molecule has 0 radical (unpaired) electrons. The minimum absolute atomic E-state index is 0.0176. The Morgan fingerprint density at radius 2 is 2.00 bits per heavy atom. The standard InChI is InChI=1S/C13H12F3N5S/c1-9-2-4-10(5-3-9)6-11(7-17)22-12-18-19-20-21(12)8-13(14,15)16/h2-5,11H,6,8H2,1H3/t11-/m0/s1. The van der Waals surface area contributed by atoms with Crippen molar-refractivity contribution in [3.8, 4) is 6.07 Å². The molecule has 0 saturated heterocycles. The lowest BCUT2D eigenvalue weighted by atomic mass is 10.1. The van der Waals surface area contributed by atoms with Crippen molar-refractivity contribution in [2.45, 2.75) is 36.5 Å². The Morgan fingerprint density at radius 3 is 2.59 bits per heavy atom. The summed E-state index contributed by atoms with van der Waals surface area (Å²) in [6.45, 7) is 0.677. The molecule has 0 spiro atoms. The fourth-order valence-electron chi connectivity index (χ4n) is 1.73. The molecule has 0 fully saturated rings. The number of halogens is 3. The van der Waals surface area contributed by atoms with Crippen molar-refractivity contribution in [2.24, 2.45) is 0 Å². The summed E-state index contributed by atoms with van der Waals surface area (Å²) in [5.74, 6) is 0. The van der Waals surface area contributed by atoms with Gasteiger partial charge in [0.1, 0.15) is 11.8 Å². The van der Waals surface area contributed by atoms with Gasteiger partial charge < -0.3 is 0 Å². The van der Waals surface area contributed by atoms with E-state index in [0.717, 1.165) is 22.9 Å². The lowest BCUT2D eigenvalue weighted by molar-refractivity contribution is -0.144. The topological polar surface area (TPSA) is 67.4 Å². The highest BCUT2D eigenvalue weighted by atomic mass is 32.2. The molecule has 9 heteroatoms. The number of hydrogen-bond acceptors (Lipinski definition) is 5. The van der Waals surface area contributed by atoms with Gasteiger partial charge >= 0.3 is 6.18 Å². The zero-order valence-corrected chi connectivity index (χ0v) is 12.4. The number of nitrogens with zero attached hydrogens (tertiary/aromatic N) is 5. The Bertz CT molecular complexity index is 660. The van der Waals surface area contributed by atoms with Crippen molar-refractivity contribution in [2.75, 3.05) is 0 Å². The summed E-state index contributed by atoms with van der Waals surface area (Å²) in [6.07, 6.45) is -4.01. The highest BCUT2D eigenvalue weighted by Gasteiger charge is 2.30. The maximum Gasteiger partial charge on any atom is 0.408 e. The van der Waals surface area contributed by atoms with Gasteiger partial charge in [0.25, 0.3) is 0 Å². The fourth-order valence-corrected chi connectivity index (χ4v) is 2.62. The van der Waals surface area contributed by atoms with Gasteiger partial charge in [-0.15, -0.1) is 5.10 Å². The van der Waals surface area contributed by atoms with E-state index in [0.29, 0.717) is 11.1 Å². The van der Waals surface area contributed by atoms with Crippen LogP contribution in [-0.4, -0.2) is 31.6 Å². The van der Waals surface area contributed by atoms with E-state index in [9.17, 15) is 18.4 Å². The average Bonchev–Trinajstić information content (AvgIpc) is 2.85. The van der Waals surface area contributed by atoms with Gasteiger partial charge in [0.2, 0.25) is 5.16 Å². The third-order valence-electron chi connectivity index (χ3n) is 2.76. The first-order valence-corrected chi connectivity index (χ1v) is 7.20. The van der Waals surface area contributed by atoms with Crippen molar-refractivity contribution >= 4 is 11.8 Å². The molecule has 0 unspecified atom stereocenters. The number of tetrazole rings is 1. The van der Waals surface area contributed by atoms with Gasteiger partial charge in [0.15, 0.2) is 0 Å². The normalized spacial score (nSPS) is 12.9. The number of alkyl halides is 3. The molecule has 116 valence electrons. The third kappa shape index (κ3) is 4.73. The molecule has 1 heterocycles. The predicted molar refractivity (Wildman–Crippen MR) is 74.0 cm³/mol. The van der Waals surface area contributed by atoms with Crippen molar-refractivity contribution in [3.63, 3.8) is 0 Å². The molecular weight excluding hydrogens is 315 g/mol. The molecule has 0 saturated carbocycles. The van der Waals surface area contributed by atoms with E-state index < -0.39 is 18.0 Å². The highest BCUT2D eigenvalue weighted by molar-refractivity contribution is 8.00. The number of aryl methyl sites for hydroxylation is 1. The third-order valence-corrected chi connectivity index (χ3v) is 3.82. The van der Waals surface area contributed by atoms with Crippen LogP contribution in [0, 0.1) is 18.3 Å². The molecule has 2 rings (SSSR count). The monoisotopic (exact) mass is 327 g/mol. The molecule has 0 aliphatic heterocycles. The van der Waals surface area contributed by atoms with Crippen LogP contribution in [0.3, 0.4) is 0 Å². The van der Waals surface area contributed by atoms with E-state index in [1.165, 1.54) is 0 Å². The van der Waals surface area contributed by atoms with E-state index in [2.05, 4.69) is 21.6 Å². The minimum Gasteiger partial charge on any atom is -0.211 e. The van der Waals surface area contributed by atoms with Crippen LogP contribution in [0.5, 0.6) is 0 Å².